The van der Waals surface area contributed by atoms with Gasteiger partial charge in [-0.05, 0) is 49.1 Å². The number of anilines is 1. The Morgan fingerprint density at radius 3 is 2.35 bits per heavy atom. The van der Waals surface area contributed by atoms with E-state index in [2.05, 4.69) is 53.3 Å². The number of nitrogens with zero attached hydrogens (tertiary/aromatic N) is 3. The number of aryl methyl sites for hydroxylation is 1. The maximum atomic E-state index is 11.7. The van der Waals surface area contributed by atoms with Crippen LogP contribution < -0.4 is 9.64 Å². The molecule has 1 amide bonds. The van der Waals surface area contributed by atoms with Crippen molar-refractivity contribution in [1.29, 1.82) is 0 Å². The molecule has 3 aromatic rings. The maximum Gasteiger partial charge on any atom is 0.416 e. The fourth-order valence-electron chi connectivity index (χ4n) is 4.34. The van der Waals surface area contributed by atoms with Gasteiger partial charge in [0.15, 0.2) is 0 Å². The molecule has 6 nitrogen and oxygen atoms in total. The van der Waals surface area contributed by atoms with E-state index in [1.54, 1.807) is 12.3 Å². The molecule has 0 radical (unpaired) electrons. The van der Waals surface area contributed by atoms with E-state index in [0.29, 0.717) is 31.4 Å². The second-order valence-electron chi connectivity index (χ2n) is 8.23. The van der Waals surface area contributed by atoms with Crippen molar-refractivity contribution in [3.63, 3.8) is 0 Å². The first-order valence-electron chi connectivity index (χ1n) is 10.7. The molecule has 2 fully saturated rings. The van der Waals surface area contributed by atoms with E-state index < -0.39 is 6.09 Å². The van der Waals surface area contributed by atoms with Crippen LogP contribution in [0.4, 0.5) is 10.7 Å². The van der Waals surface area contributed by atoms with Crippen LogP contribution in [0.1, 0.15) is 41.6 Å². The van der Waals surface area contributed by atoms with Gasteiger partial charge >= 0.3 is 6.09 Å². The number of hydrogen-bond acceptors (Lipinski definition) is 5. The Morgan fingerprint density at radius 2 is 1.74 bits per heavy atom. The molecule has 0 bridgehead atoms. The maximum absolute atomic E-state index is 11.7. The fraction of sp³-hybridized carbons (Fsp3) is 0.320. The fourth-order valence-corrected chi connectivity index (χ4v) is 4.34. The highest BCUT2D eigenvalue weighted by molar-refractivity contribution is 5.86. The van der Waals surface area contributed by atoms with Crippen molar-refractivity contribution < 1.29 is 14.3 Å². The molecular formula is C25H25N3O3. The summed E-state index contributed by atoms with van der Waals surface area (Å²) in [7, 11) is 0. The number of carbonyl (C=O) groups excluding carboxylic acids is 1. The molecule has 0 unspecified atom stereocenters. The summed E-state index contributed by atoms with van der Waals surface area (Å²) in [4.78, 5) is 21.8. The van der Waals surface area contributed by atoms with Gasteiger partial charge in [0, 0.05) is 11.6 Å². The Kier molecular flexibility index (Phi) is 5.06. The van der Waals surface area contributed by atoms with Crippen LogP contribution in [0.15, 0.2) is 60.8 Å². The van der Waals surface area contributed by atoms with Gasteiger partial charge in [-0.1, -0.05) is 48.4 Å². The van der Waals surface area contributed by atoms with Gasteiger partial charge in [0.1, 0.15) is 19.0 Å². The van der Waals surface area contributed by atoms with Gasteiger partial charge in [-0.2, -0.15) is 0 Å². The van der Waals surface area contributed by atoms with Gasteiger partial charge in [-0.25, -0.2) is 19.7 Å². The standard InChI is InChI=1S/C25H25N3O3/c1-18-3-5-19(6-4-18)25(12-2-13-25)20-7-9-22(10-8-20)31-17-21-11-14-26-23(27-21)28-15-16-30-24(28)29/h3-11,14H,2,12-13,15-17H2,1H3. The SMILES string of the molecule is Cc1ccc(C2(c3ccc(OCc4ccnc(N5CCOC5=O)n4)cc3)CCC2)cc1. The average molecular weight is 415 g/mol. The number of aromatic nitrogens is 2. The van der Waals surface area contributed by atoms with Crippen LogP contribution >= 0.6 is 0 Å². The number of rotatable bonds is 6. The molecule has 0 N–H and O–H groups in total. The zero-order valence-corrected chi connectivity index (χ0v) is 17.6. The quantitative estimate of drug-likeness (QED) is 0.579. The molecule has 0 spiro atoms. The van der Waals surface area contributed by atoms with Crippen molar-refractivity contribution in [2.45, 2.75) is 38.2 Å². The Labute approximate surface area is 181 Å². The van der Waals surface area contributed by atoms with E-state index in [9.17, 15) is 4.79 Å². The van der Waals surface area contributed by atoms with Crippen molar-refractivity contribution in [3.05, 3.63) is 83.2 Å². The van der Waals surface area contributed by atoms with Gasteiger partial charge in [-0.3, -0.25) is 0 Å². The third-order valence-corrected chi connectivity index (χ3v) is 6.31. The smallest absolute Gasteiger partial charge is 0.416 e. The second kappa shape index (κ2) is 8.02. The van der Waals surface area contributed by atoms with E-state index in [1.165, 1.54) is 40.9 Å². The summed E-state index contributed by atoms with van der Waals surface area (Å²) in [5, 5.41) is 0. The summed E-state index contributed by atoms with van der Waals surface area (Å²) in [5.74, 6) is 1.15. The summed E-state index contributed by atoms with van der Waals surface area (Å²) in [5.41, 5.74) is 4.86. The van der Waals surface area contributed by atoms with Gasteiger partial charge < -0.3 is 9.47 Å². The first-order chi connectivity index (χ1) is 15.1. The van der Waals surface area contributed by atoms with Crippen LogP contribution in [0.3, 0.4) is 0 Å². The number of carbonyl (C=O) groups is 1. The van der Waals surface area contributed by atoms with Crippen LogP contribution in [0.2, 0.25) is 0 Å². The molecule has 1 aromatic heterocycles. The number of benzene rings is 2. The van der Waals surface area contributed by atoms with E-state index >= 15 is 0 Å². The third kappa shape index (κ3) is 3.74. The average Bonchev–Trinajstić information content (AvgIpc) is 3.20. The number of ether oxygens (including phenoxy) is 2. The van der Waals surface area contributed by atoms with Gasteiger partial charge in [-0.15, -0.1) is 0 Å². The first kappa shape index (κ1) is 19.5. The van der Waals surface area contributed by atoms with Crippen molar-refractivity contribution in [3.8, 4) is 5.75 Å². The molecule has 1 saturated heterocycles. The molecule has 2 aliphatic rings. The van der Waals surface area contributed by atoms with Crippen molar-refractivity contribution in [2.24, 2.45) is 0 Å². The van der Waals surface area contributed by atoms with Gasteiger partial charge in [0.25, 0.3) is 0 Å². The Hall–Kier alpha value is -3.41. The van der Waals surface area contributed by atoms with Crippen LogP contribution in [0, 0.1) is 6.92 Å². The molecule has 2 aromatic carbocycles. The minimum Gasteiger partial charge on any atom is -0.487 e. The van der Waals surface area contributed by atoms with E-state index in [0.717, 1.165) is 5.75 Å². The molecule has 31 heavy (non-hydrogen) atoms. The molecule has 1 aliphatic heterocycles. The normalized spacial score (nSPS) is 17.2. The summed E-state index contributed by atoms with van der Waals surface area (Å²) in [6.45, 7) is 3.26. The highest BCUT2D eigenvalue weighted by Gasteiger charge is 2.40. The Bertz CT molecular complexity index is 1080. The van der Waals surface area contributed by atoms with Crippen molar-refractivity contribution in [1.82, 2.24) is 9.97 Å². The molecule has 2 heterocycles. The summed E-state index contributed by atoms with van der Waals surface area (Å²) in [6.07, 6.45) is 4.84. The Balaban J connectivity index is 1.28. The highest BCUT2D eigenvalue weighted by atomic mass is 16.6. The van der Waals surface area contributed by atoms with Gasteiger partial charge in [0.05, 0.1) is 12.2 Å². The summed E-state index contributed by atoms with van der Waals surface area (Å²) < 4.78 is 10.9. The molecule has 1 aliphatic carbocycles. The molecular weight excluding hydrogens is 390 g/mol. The largest absolute Gasteiger partial charge is 0.487 e. The zero-order valence-electron chi connectivity index (χ0n) is 17.6. The monoisotopic (exact) mass is 415 g/mol. The minimum absolute atomic E-state index is 0.123. The summed E-state index contributed by atoms with van der Waals surface area (Å²) >= 11 is 0. The lowest BCUT2D eigenvalue weighted by Crippen LogP contribution is -2.35. The number of cyclic esters (lactones) is 1. The molecule has 158 valence electrons. The topological polar surface area (TPSA) is 64.6 Å². The van der Waals surface area contributed by atoms with E-state index in [-0.39, 0.29) is 5.41 Å². The van der Waals surface area contributed by atoms with Crippen LogP contribution in [0.25, 0.3) is 0 Å². The van der Waals surface area contributed by atoms with Crippen molar-refractivity contribution >= 4 is 12.0 Å². The zero-order chi connectivity index (χ0) is 21.3. The lowest BCUT2D eigenvalue weighted by Gasteiger charge is -2.43. The molecule has 6 heteroatoms. The number of amides is 1. The van der Waals surface area contributed by atoms with Crippen LogP contribution in [-0.4, -0.2) is 29.2 Å². The second-order valence-corrected chi connectivity index (χ2v) is 8.23. The van der Waals surface area contributed by atoms with Gasteiger partial charge in [0.2, 0.25) is 5.95 Å². The van der Waals surface area contributed by atoms with E-state index in [4.69, 9.17) is 9.47 Å². The molecule has 5 rings (SSSR count). The van der Waals surface area contributed by atoms with Crippen LogP contribution in [-0.2, 0) is 16.8 Å². The molecule has 0 atom stereocenters. The number of hydrogen-bond donors (Lipinski definition) is 0. The summed E-state index contributed by atoms with van der Waals surface area (Å²) in [6, 6.07) is 19.1. The van der Waals surface area contributed by atoms with Crippen LogP contribution in [0.5, 0.6) is 5.75 Å². The van der Waals surface area contributed by atoms with Crippen molar-refractivity contribution in [2.75, 3.05) is 18.1 Å². The van der Waals surface area contributed by atoms with E-state index in [1.807, 2.05) is 12.1 Å². The first-order valence-corrected chi connectivity index (χ1v) is 10.7. The lowest BCUT2D eigenvalue weighted by molar-refractivity contribution is 0.181. The predicted molar refractivity (Wildman–Crippen MR) is 117 cm³/mol. The predicted octanol–water partition coefficient (Wildman–Crippen LogP) is 4.79. The molecule has 1 saturated carbocycles. The minimum atomic E-state index is -0.410. The third-order valence-electron chi connectivity index (χ3n) is 6.31. The lowest BCUT2D eigenvalue weighted by atomic mass is 9.60. The Morgan fingerprint density at radius 1 is 1.03 bits per heavy atom. The highest BCUT2D eigenvalue weighted by Crippen LogP contribution is 2.49.